The average Bonchev–Trinajstić information content (AvgIpc) is 2.40. The zero-order valence-electron chi connectivity index (χ0n) is 12.2. The van der Waals surface area contributed by atoms with E-state index in [1.165, 1.54) is 8.61 Å². The van der Waals surface area contributed by atoms with Crippen LogP contribution in [0.1, 0.15) is 19.4 Å². The zero-order chi connectivity index (χ0) is 15.8. The van der Waals surface area contributed by atoms with E-state index in [1.807, 2.05) is 19.9 Å². The highest BCUT2D eigenvalue weighted by Gasteiger charge is 2.38. The van der Waals surface area contributed by atoms with Crippen LogP contribution in [0.15, 0.2) is 23.1 Å². The lowest BCUT2D eigenvalue weighted by molar-refractivity contribution is 0.341. The van der Waals surface area contributed by atoms with Gasteiger partial charge in [-0.05, 0) is 48.8 Å². The number of benzene rings is 1. The molecule has 0 amide bonds. The van der Waals surface area contributed by atoms with Crippen molar-refractivity contribution in [3.63, 3.8) is 0 Å². The van der Waals surface area contributed by atoms with Gasteiger partial charge < -0.3 is 4.55 Å². The van der Waals surface area contributed by atoms with Crippen molar-refractivity contribution in [1.29, 1.82) is 0 Å². The summed E-state index contributed by atoms with van der Waals surface area (Å²) in [6.45, 7) is 4.18. The van der Waals surface area contributed by atoms with Crippen LogP contribution in [0.2, 0.25) is 0 Å². The molecule has 0 N–H and O–H groups in total. The van der Waals surface area contributed by atoms with Crippen molar-refractivity contribution < 1.29 is 13.0 Å². The molecule has 2 rings (SSSR count). The molecular weight excluding hydrogens is 332 g/mol. The quantitative estimate of drug-likeness (QED) is 0.615. The first-order valence-corrected chi connectivity index (χ1v) is 10.1. The summed E-state index contributed by atoms with van der Waals surface area (Å²) in [6, 6.07) is 5.08. The van der Waals surface area contributed by atoms with E-state index in [1.54, 1.807) is 18.4 Å². The monoisotopic (exact) mass is 350 g/mol. The summed E-state index contributed by atoms with van der Waals surface area (Å²) < 4.78 is 39.7. The Hall–Kier alpha value is -0.470. The van der Waals surface area contributed by atoms with Crippen molar-refractivity contribution in [1.82, 2.24) is 4.31 Å². The van der Waals surface area contributed by atoms with E-state index in [-0.39, 0.29) is 18.5 Å². The highest BCUT2D eigenvalue weighted by molar-refractivity contribution is 7.91. The summed E-state index contributed by atoms with van der Waals surface area (Å²) in [6.07, 6.45) is 1.61. The van der Waals surface area contributed by atoms with Crippen LogP contribution in [0, 0.1) is 0 Å². The molecule has 1 atom stereocenters. The smallest absolute Gasteiger partial charge is 0.304 e. The third-order valence-electron chi connectivity index (χ3n) is 3.42. The Balaban J connectivity index is 2.56. The molecule has 1 aromatic rings. The number of nitrogens with zero attached hydrogens (tertiary/aromatic N) is 2. The van der Waals surface area contributed by atoms with Gasteiger partial charge in [-0.25, -0.2) is 0 Å². The van der Waals surface area contributed by atoms with Crippen LogP contribution in [-0.2, 0) is 27.9 Å². The lowest BCUT2D eigenvalue weighted by Crippen LogP contribution is -2.50. The van der Waals surface area contributed by atoms with Crippen molar-refractivity contribution in [3.8, 4) is 0 Å². The summed E-state index contributed by atoms with van der Waals surface area (Å²) in [7, 11) is -3.57. The van der Waals surface area contributed by atoms with Gasteiger partial charge in [-0.2, -0.15) is 12.7 Å². The van der Waals surface area contributed by atoms with Crippen LogP contribution in [0.25, 0.3) is 0 Å². The van der Waals surface area contributed by atoms with Crippen molar-refractivity contribution in [2.24, 2.45) is 0 Å². The summed E-state index contributed by atoms with van der Waals surface area (Å²) in [4.78, 5) is 0.697. The molecule has 118 valence electrons. The Kier molecular flexibility index (Phi) is 5.10. The molecule has 1 unspecified atom stereocenters. The molecule has 1 aromatic carbocycles. The van der Waals surface area contributed by atoms with E-state index >= 15 is 0 Å². The SMILES string of the molecule is CC(C)N1Cc2cc([S+](C)[O-])ccc2N(CCCl)S1(=O)=O. The van der Waals surface area contributed by atoms with Gasteiger partial charge in [0.2, 0.25) is 0 Å². The first-order chi connectivity index (χ1) is 9.78. The molecule has 0 fully saturated rings. The van der Waals surface area contributed by atoms with Crippen LogP contribution < -0.4 is 4.31 Å². The maximum atomic E-state index is 12.7. The molecule has 1 heterocycles. The Morgan fingerprint density at radius 2 is 2.10 bits per heavy atom. The Morgan fingerprint density at radius 3 is 2.62 bits per heavy atom. The van der Waals surface area contributed by atoms with E-state index in [0.717, 1.165) is 5.56 Å². The highest BCUT2D eigenvalue weighted by Crippen LogP contribution is 2.34. The minimum absolute atomic E-state index is 0.156. The van der Waals surface area contributed by atoms with E-state index in [4.69, 9.17) is 11.6 Å². The summed E-state index contributed by atoms with van der Waals surface area (Å²) in [5.41, 5.74) is 1.48. The number of rotatable bonds is 4. The summed E-state index contributed by atoms with van der Waals surface area (Å²) >= 11 is 4.67. The number of hydrogen-bond donors (Lipinski definition) is 0. The Bertz CT molecular complexity index is 620. The fraction of sp³-hybridized carbons (Fsp3) is 0.538. The Labute approximate surface area is 134 Å². The number of anilines is 1. The molecule has 0 bridgehead atoms. The first-order valence-electron chi connectivity index (χ1n) is 6.61. The fourth-order valence-electron chi connectivity index (χ4n) is 2.37. The van der Waals surface area contributed by atoms with E-state index < -0.39 is 21.4 Å². The minimum Gasteiger partial charge on any atom is -0.612 e. The van der Waals surface area contributed by atoms with Crippen molar-refractivity contribution in [2.75, 3.05) is 23.0 Å². The fourth-order valence-corrected chi connectivity index (χ4v) is 5.05. The molecule has 0 saturated carbocycles. The molecular formula is C13H19ClN2O3S2. The van der Waals surface area contributed by atoms with Crippen molar-refractivity contribution in [3.05, 3.63) is 23.8 Å². The summed E-state index contributed by atoms with van der Waals surface area (Å²) in [5.74, 6) is 0.214. The van der Waals surface area contributed by atoms with Gasteiger partial charge in [0.15, 0.2) is 4.90 Å². The van der Waals surface area contributed by atoms with Gasteiger partial charge in [0, 0.05) is 25.0 Å². The molecule has 0 aliphatic carbocycles. The standard InChI is InChI=1S/C13H19ClN2O3S2/c1-10(2)16-9-11-8-12(20(3)17)4-5-13(11)15(7-6-14)21(16,18)19/h4-5,8,10H,6-7,9H2,1-3H3. The normalized spacial score (nSPS) is 19.6. The van der Waals surface area contributed by atoms with Gasteiger partial charge in [-0.1, -0.05) is 0 Å². The average molecular weight is 351 g/mol. The second-order valence-electron chi connectivity index (χ2n) is 5.15. The molecule has 0 saturated heterocycles. The third-order valence-corrected chi connectivity index (χ3v) is 6.58. The molecule has 1 aliphatic rings. The number of fused-ring (bicyclic) bond motifs is 1. The lowest BCUT2D eigenvalue weighted by atomic mass is 10.1. The van der Waals surface area contributed by atoms with Crippen molar-refractivity contribution >= 4 is 38.7 Å². The number of halogens is 1. The second kappa shape index (κ2) is 6.34. The van der Waals surface area contributed by atoms with Crippen LogP contribution in [0.3, 0.4) is 0 Å². The largest absolute Gasteiger partial charge is 0.612 e. The maximum absolute atomic E-state index is 12.7. The van der Waals surface area contributed by atoms with Crippen molar-refractivity contribution in [2.45, 2.75) is 31.3 Å². The summed E-state index contributed by atoms with van der Waals surface area (Å²) in [5, 5.41) is 0. The van der Waals surface area contributed by atoms with Crippen LogP contribution in [0.4, 0.5) is 5.69 Å². The third kappa shape index (κ3) is 3.17. The predicted molar refractivity (Wildman–Crippen MR) is 86.4 cm³/mol. The molecule has 0 spiro atoms. The van der Waals surface area contributed by atoms with Gasteiger partial charge in [-0.15, -0.1) is 11.6 Å². The maximum Gasteiger partial charge on any atom is 0.304 e. The van der Waals surface area contributed by atoms with Gasteiger partial charge in [0.1, 0.15) is 6.26 Å². The van der Waals surface area contributed by atoms with Crippen LogP contribution >= 0.6 is 11.6 Å². The topological polar surface area (TPSA) is 63.7 Å². The second-order valence-corrected chi connectivity index (χ2v) is 8.72. The number of hydrogen-bond acceptors (Lipinski definition) is 3. The van der Waals surface area contributed by atoms with E-state index in [0.29, 0.717) is 17.1 Å². The minimum atomic E-state index is -3.57. The number of alkyl halides is 1. The van der Waals surface area contributed by atoms with Gasteiger partial charge >= 0.3 is 10.2 Å². The molecule has 0 aromatic heterocycles. The molecule has 0 radical (unpaired) electrons. The van der Waals surface area contributed by atoms with Crippen LogP contribution in [-0.4, -0.2) is 42.0 Å². The van der Waals surface area contributed by atoms with Gasteiger partial charge in [-0.3, -0.25) is 4.31 Å². The van der Waals surface area contributed by atoms with E-state index in [2.05, 4.69) is 0 Å². The Morgan fingerprint density at radius 1 is 1.43 bits per heavy atom. The zero-order valence-corrected chi connectivity index (χ0v) is 14.6. The van der Waals surface area contributed by atoms with Gasteiger partial charge in [0.25, 0.3) is 0 Å². The molecule has 1 aliphatic heterocycles. The molecule has 5 nitrogen and oxygen atoms in total. The highest BCUT2D eigenvalue weighted by atomic mass is 35.5. The lowest BCUT2D eigenvalue weighted by Gasteiger charge is -2.39. The van der Waals surface area contributed by atoms with E-state index in [9.17, 15) is 13.0 Å². The molecule has 8 heteroatoms. The predicted octanol–water partition coefficient (Wildman–Crippen LogP) is 1.94. The first kappa shape index (κ1) is 16.9. The van der Waals surface area contributed by atoms with Crippen LogP contribution in [0.5, 0.6) is 0 Å². The molecule has 21 heavy (non-hydrogen) atoms. The van der Waals surface area contributed by atoms with Gasteiger partial charge in [0.05, 0.1) is 5.69 Å².